The highest BCUT2D eigenvalue weighted by molar-refractivity contribution is 6.16. The Morgan fingerprint density at radius 1 is 0.923 bits per heavy atom. The van der Waals surface area contributed by atoms with E-state index in [0.29, 0.717) is 10.8 Å². The minimum atomic E-state index is -0.939. The molecule has 26 heavy (non-hydrogen) atoms. The molecule has 8 nitrogen and oxygen atoms in total. The van der Waals surface area contributed by atoms with Gasteiger partial charge in [0.1, 0.15) is 0 Å². The fourth-order valence-electron chi connectivity index (χ4n) is 2.50. The van der Waals surface area contributed by atoms with Crippen LogP contribution in [0.5, 0.6) is 11.5 Å². The molecule has 1 aromatic heterocycles. The zero-order valence-electron chi connectivity index (χ0n) is 13.5. The lowest BCUT2D eigenvalue weighted by Gasteiger charge is -2.13. The molecule has 3 aromatic rings. The van der Waals surface area contributed by atoms with Crippen LogP contribution in [0.3, 0.4) is 0 Å². The lowest BCUT2D eigenvalue weighted by molar-refractivity contribution is 0.0989. The Labute approximate surface area is 149 Å². The first-order chi connectivity index (χ1) is 12.5. The van der Waals surface area contributed by atoms with Gasteiger partial charge in [0.25, 0.3) is 0 Å². The largest absolute Gasteiger partial charge is 0.449 e. The second kappa shape index (κ2) is 6.83. The summed E-state index contributed by atoms with van der Waals surface area (Å²) >= 11 is 0. The highest BCUT2D eigenvalue weighted by Gasteiger charge is 2.24. The number of benzene rings is 2. The van der Waals surface area contributed by atoms with Gasteiger partial charge >= 0.3 is 12.2 Å². The molecule has 126 valence electrons. The standard InChI is InChI=1S/C16H10B2N2O6/c1-7(21)11-6-10-12(25-15(22)19-17)8-4-2-3-5-9(8)13(14(10)24-11)26-16(23)20-18/h2-6H,1H3,(H,19,22)(H,20,23). The molecule has 0 fully saturated rings. The number of Topliss-reactive ketones (excluding diaryl/α,β-unsaturated/α-hetero) is 1. The quantitative estimate of drug-likeness (QED) is 0.555. The Hall–Kier alpha value is -3.42. The topological polar surface area (TPSA) is 107 Å². The van der Waals surface area contributed by atoms with E-state index >= 15 is 0 Å². The summed E-state index contributed by atoms with van der Waals surface area (Å²) in [4.78, 5) is 35.0. The summed E-state index contributed by atoms with van der Waals surface area (Å²) in [6.07, 6.45) is -1.86. The van der Waals surface area contributed by atoms with Crippen molar-refractivity contribution in [2.24, 2.45) is 0 Å². The first-order valence-corrected chi connectivity index (χ1v) is 7.32. The van der Waals surface area contributed by atoms with Crippen molar-refractivity contribution in [3.8, 4) is 11.5 Å². The van der Waals surface area contributed by atoms with Crippen LogP contribution in [0.1, 0.15) is 17.5 Å². The van der Waals surface area contributed by atoms with Crippen LogP contribution in [0.2, 0.25) is 0 Å². The van der Waals surface area contributed by atoms with Crippen molar-refractivity contribution in [1.82, 2.24) is 10.5 Å². The fraction of sp³-hybridized carbons (Fsp3) is 0.0625. The van der Waals surface area contributed by atoms with E-state index in [9.17, 15) is 14.4 Å². The van der Waals surface area contributed by atoms with Gasteiger partial charge in [-0.15, -0.1) is 0 Å². The number of hydrogen-bond acceptors (Lipinski definition) is 6. The minimum absolute atomic E-state index is 0.00804. The Kier molecular flexibility index (Phi) is 4.57. The summed E-state index contributed by atoms with van der Waals surface area (Å²) in [6, 6.07) is 8.03. The number of hydrogen-bond donors (Lipinski definition) is 2. The summed E-state index contributed by atoms with van der Waals surface area (Å²) in [5, 5.41) is 4.78. The van der Waals surface area contributed by atoms with E-state index in [1.165, 1.54) is 13.0 Å². The summed E-state index contributed by atoms with van der Waals surface area (Å²) < 4.78 is 16.0. The van der Waals surface area contributed by atoms with Crippen LogP contribution in [0.25, 0.3) is 21.7 Å². The fourth-order valence-corrected chi connectivity index (χ4v) is 2.50. The summed E-state index contributed by atoms with van der Waals surface area (Å²) in [7, 11) is 10.2. The number of ether oxygens (including phenoxy) is 2. The smallest absolute Gasteiger partial charge is 0.399 e. The summed E-state index contributed by atoms with van der Waals surface area (Å²) in [5.41, 5.74) is 0.0392. The van der Waals surface area contributed by atoms with E-state index in [1.54, 1.807) is 24.3 Å². The number of rotatable bonds is 3. The van der Waals surface area contributed by atoms with E-state index in [0.717, 1.165) is 0 Å². The van der Waals surface area contributed by atoms with Crippen molar-refractivity contribution >= 4 is 55.7 Å². The lowest BCUT2D eigenvalue weighted by Crippen LogP contribution is -2.24. The highest BCUT2D eigenvalue weighted by Crippen LogP contribution is 2.44. The SMILES string of the molecule is [B]NC(=O)Oc1c2ccccc2c(OC(=O)N[B])c2oc(C(C)=O)cc12. The maximum atomic E-state index is 11.7. The molecule has 2 aromatic carbocycles. The molecule has 4 radical (unpaired) electrons. The molecule has 0 saturated carbocycles. The first kappa shape index (κ1) is 17.4. The molecule has 10 heteroatoms. The second-order valence-corrected chi connectivity index (χ2v) is 5.18. The molecule has 0 saturated heterocycles. The van der Waals surface area contributed by atoms with Crippen molar-refractivity contribution in [3.05, 3.63) is 36.1 Å². The molecule has 1 heterocycles. The molecule has 0 aliphatic carbocycles. The zero-order valence-corrected chi connectivity index (χ0v) is 13.5. The zero-order chi connectivity index (χ0) is 18.8. The van der Waals surface area contributed by atoms with Crippen molar-refractivity contribution < 1.29 is 28.3 Å². The average Bonchev–Trinajstić information content (AvgIpc) is 3.09. The Bertz CT molecular complexity index is 972. The highest BCUT2D eigenvalue weighted by atomic mass is 16.6. The van der Waals surface area contributed by atoms with Gasteiger partial charge in [-0.05, 0) is 6.07 Å². The Balaban J connectivity index is 2.40. The van der Waals surface area contributed by atoms with Crippen LogP contribution < -0.4 is 19.9 Å². The van der Waals surface area contributed by atoms with Crippen molar-refractivity contribution in [3.63, 3.8) is 0 Å². The Morgan fingerprint density at radius 3 is 2.00 bits per heavy atom. The number of carbonyl (C=O) groups is 3. The van der Waals surface area contributed by atoms with Gasteiger partial charge < -0.3 is 24.3 Å². The van der Waals surface area contributed by atoms with Crippen LogP contribution >= 0.6 is 0 Å². The van der Waals surface area contributed by atoms with E-state index in [1.807, 2.05) is 10.5 Å². The maximum absolute atomic E-state index is 11.7. The van der Waals surface area contributed by atoms with Gasteiger partial charge in [-0.25, -0.2) is 9.59 Å². The van der Waals surface area contributed by atoms with E-state index < -0.39 is 12.2 Å². The summed E-state index contributed by atoms with van der Waals surface area (Å²) in [6.45, 7) is 1.30. The normalized spacial score (nSPS) is 10.5. The average molecular weight is 348 g/mol. The van der Waals surface area contributed by atoms with Crippen LogP contribution in [-0.2, 0) is 0 Å². The van der Waals surface area contributed by atoms with Gasteiger partial charge in [-0.3, -0.25) is 4.79 Å². The van der Waals surface area contributed by atoms with Gasteiger partial charge in [-0.1, -0.05) is 24.3 Å². The molecular formula is C16H10B2N2O6. The predicted molar refractivity (Wildman–Crippen MR) is 93.6 cm³/mol. The molecule has 0 atom stereocenters. The number of amides is 2. The second-order valence-electron chi connectivity index (χ2n) is 5.18. The van der Waals surface area contributed by atoms with E-state index in [2.05, 4.69) is 0 Å². The van der Waals surface area contributed by atoms with Gasteiger partial charge in [0.15, 0.2) is 28.6 Å². The molecule has 2 N–H and O–H groups in total. The molecular weight excluding hydrogens is 338 g/mol. The van der Waals surface area contributed by atoms with Crippen molar-refractivity contribution in [2.75, 3.05) is 0 Å². The maximum Gasteiger partial charge on any atom is 0.399 e. The Morgan fingerprint density at radius 2 is 1.46 bits per heavy atom. The lowest BCUT2D eigenvalue weighted by atomic mass is 10.1. The molecule has 0 spiro atoms. The molecule has 0 bridgehead atoms. The van der Waals surface area contributed by atoms with E-state index in [4.69, 9.17) is 29.9 Å². The molecule has 3 rings (SSSR count). The molecule has 2 amide bonds. The van der Waals surface area contributed by atoms with Crippen LogP contribution in [0.4, 0.5) is 9.59 Å². The van der Waals surface area contributed by atoms with Gasteiger partial charge in [-0.2, -0.15) is 0 Å². The number of fused-ring (bicyclic) bond motifs is 2. The van der Waals surface area contributed by atoms with Crippen LogP contribution in [0.15, 0.2) is 34.7 Å². The summed E-state index contributed by atoms with van der Waals surface area (Å²) in [5.74, 6) is -0.262. The van der Waals surface area contributed by atoms with Gasteiger partial charge in [0.2, 0.25) is 16.0 Å². The van der Waals surface area contributed by atoms with Gasteiger partial charge in [0, 0.05) is 17.7 Å². The molecule has 0 aliphatic rings. The number of nitrogens with one attached hydrogen (secondary N) is 2. The molecule has 0 aliphatic heterocycles. The third-order valence-corrected chi connectivity index (χ3v) is 3.57. The number of furan rings is 1. The number of carbonyl (C=O) groups excluding carboxylic acids is 3. The first-order valence-electron chi connectivity index (χ1n) is 7.32. The third kappa shape index (κ3) is 2.97. The molecule has 0 unspecified atom stereocenters. The van der Waals surface area contributed by atoms with Crippen LogP contribution in [-0.4, -0.2) is 33.9 Å². The van der Waals surface area contributed by atoms with Crippen LogP contribution in [0, 0.1) is 0 Å². The third-order valence-electron chi connectivity index (χ3n) is 3.57. The number of ketones is 1. The van der Waals surface area contributed by atoms with Crippen molar-refractivity contribution in [2.45, 2.75) is 6.92 Å². The minimum Gasteiger partial charge on any atom is -0.449 e. The van der Waals surface area contributed by atoms with Crippen molar-refractivity contribution in [1.29, 1.82) is 0 Å². The van der Waals surface area contributed by atoms with E-state index in [-0.39, 0.29) is 34.0 Å². The van der Waals surface area contributed by atoms with Gasteiger partial charge in [0.05, 0.1) is 5.39 Å². The monoisotopic (exact) mass is 348 g/mol. The predicted octanol–water partition coefficient (Wildman–Crippen LogP) is 2.13.